The quantitative estimate of drug-likeness (QED) is 0.783. The van der Waals surface area contributed by atoms with Crippen LogP contribution in [-0.4, -0.2) is 18.3 Å². The Morgan fingerprint density at radius 2 is 2.21 bits per heavy atom. The molecule has 0 aliphatic rings. The zero-order chi connectivity index (χ0) is 13.7. The summed E-state index contributed by atoms with van der Waals surface area (Å²) in [5, 5.41) is 9.15. The van der Waals surface area contributed by atoms with Gasteiger partial charge in [0.2, 0.25) is 0 Å². The SMILES string of the molecule is CN(Cc1ccccn1)c1ccc(C=O)cc1C#N. The summed E-state index contributed by atoms with van der Waals surface area (Å²) < 4.78 is 0. The molecule has 0 saturated carbocycles. The largest absolute Gasteiger partial charge is 0.368 e. The van der Waals surface area contributed by atoms with Gasteiger partial charge < -0.3 is 4.90 Å². The van der Waals surface area contributed by atoms with Crippen molar-refractivity contribution in [3.05, 3.63) is 59.4 Å². The summed E-state index contributed by atoms with van der Waals surface area (Å²) in [6, 6.07) is 12.9. The van der Waals surface area contributed by atoms with Crippen molar-refractivity contribution in [3.8, 4) is 6.07 Å². The normalized spacial score (nSPS) is 9.68. The molecule has 2 aromatic rings. The molecule has 4 nitrogen and oxygen atoms in total. The molecular formula is C15H13N3O. The number of rotatable bonds is 4. The van der Waals surface area contributed by atoms with Crippen molar-refractivity contribution in [2.24, 2.45) is 0 Å². The minimum atomic E-state index is 0.489. The monoisotopic (exact) mass is 251 g/mol. The molecule has 19 heavy (non-hydrogen) atoms. The molecule has 0 aliphatic heterocycles. The Hall–Kier alpha value is -2.67. The van der Waals surface area contributed by atoms with Gasteiger partial charge in [0.05, 0.1) is 23.5 Å². The predicted molar refractivity (Wildman–Crippen MR) is 72.9 cm³/mol. The third-order valence-corrected chi connectivity index (χ3v) is 2.81. The van der Waals surface area contributed by atoms with Gasteiger partial charge in [0.15, 0.2) is 0 Å². The number of aldehydes is 1. The summed E-state index contributed by atoms with van der Waals surface area (Å²) in [5.41, 5.74) is 2.71. The van der Waals surface area contributed by atoms with E-state index < -0.39 is 0 Å². The highest BCUT2D eigenvalue weighted by Gasteiger charge is 2.09. The highest BCUT2D eigenvalue weighted by Crippen LogP contribution is 2.21. The summed E-state index contributed by atoms with van der Waals surface area (Å²) in [6.07, 6.45) is 2.48. The number of anilines is 1. The van der Waals surface area contributed by atoms with Gasteiger partial charge in [0, 0.05) is 18.8 Å². The molecule has 0 bridgehead atoms. The predicted octanol–water partition coefficient (Wildman–Crippen LogP) is 2.40. The first-order valence-corrected chi connectivity index (χ1v) is 5.85. The van der Waals surface area contributed by atoms with E-state index in [-0.39, 0.29) is 0 Å². The van der Waals surface area contributed by atoms with E-state index in [0.717, 1.165) is 17.7 Å². The molecule has 0 fully saturated rings. The number of nitrogens with zero attached hydrogens (tertiary/aromatic N) is 3. The van der Waals surface area contributed by atoms with Crippen molar-refractivity contribution in [2.45, 2.75) is 6.54 Å². The van der Waals surface area contributed by atoms with Gasteiger partial charge in [-0.05, 0) is 30.3 Å². The smallest absolute Gasteiger partial charge is 0.150 e. The number of hydrogen-bond acceptors (Lipinski definition) is 4. The van der Waals surface area contributed by atoms with Gasteiger partial charge in [-0.15, -0.1) is 0 Å². The zero-order valence-electron chi connectivity index (χ0n) is 10.6. The number of carbonyl (C=O) groups is 1. The second-order valence-electron chi connectivity index (χ2n) is 4.18. The maximum atomic E-state index is 10.7. The number of nitriles is 1. The molecule has 1 heterocycles. The van der Waals surface area contributed by atoms with Gasteiger partial charge in [-0.25, -0.2) is 0 Å². The molecule has 0 atom stereocenters. The topological polar surface area (TPSA) is 57.0 Å². The van der Waals surface area contributed by atoms with Crippen molar-refractivity contribution in [1.82, 2.24) is 4.98 Å². The molecule has 4 heteroatoms. The van der Waals surface area contributed by atoms with Crippen molar-refractivity contribution < 1.29 is 4.79 Å². The van der Waals surface area contributed by atoms with Crippen LogP contribution in [0.4, 0.5) is 5.69 Å². The first kappa shape index (κ1) is 12.8. The van der Waals surface area contributed by atoms with E-state index in [2.05, 4.69) is 11.1 Å². The van der Waals surface area contributed by atoms with E-state index in [0.29, 0.717) is 17.7 Å². The summed E-state index contributed by atoms with van der Waals surface area (Å²) >= 11 is 0. The first-order chi connectivity index (χ1) is 9.24. The fraction of sp³-hybridized carbons (Fsp3) is 0.133. The van der Waals surface area contributed by atoms with Crippen LogP contribution < -0.4 is 4.90 Å². The van der Waals surface area contributed by atoms with Crippen LogP contribution >= 0.6 is 0 Å². The lowest BCUT2D eigenvalue weighted by atomic mass is 10.1. The van der Waals surface area contributed by atoms with Crippen LogP contribution in [0.15, 0.2) is 42.6 Å². The van der Waals surface area contributed by atoms with Crippen molar-refractivity contribution in [3.63, 3.8) is 0 Å². The molecule has 0 unspecified atom stereocenters. The molecule has 0 saturated heterocycles. The zero-order valence-corrected chi connectivity index (χ0v) is 10.6. The van der Waals surface area contributed by atoms with Gasteiger partial charge in [-0.1, -0.05) is 6.07 Å². The minimum absolute atomic E-state index is 0.489. The Labute approximate surface area is 111 Å². The molecule has 0 spiro atoms. The summed E-state index contributed by atoms with van der Waals surface area (Å²) in [5.74, 6) is 0. The van der Waals surface area contributed by atoms with Gasteiger partial charge in [-0.3, -0.25) is 9.78 Å². The van der Waals surface area contributed by atoms with Crippen LogP contribution in [0.3, 0.4) is 0 Å². The van der Waals surface area contributed by atoms with Crippen LogP contribution in [0.1, 0.15) is 21.6 Å². The van der Waals surface area contributed by atoms with Crippen LogP contribution in [0, 0.1) is 11.3 Å². The highest BCUT2D eigenvalue weighted by molar-refractivity contribution is 5.78. The van der Waals surface area contributed by atoms with E-state index in [1.807, 2.05) is 30.1 Å². The lowest BCUT2D eigenvalue weighted by Gasteiger charge is -2.20. The third kappa shape index (κ3) is 2.96. The first-order valence-electron chi connectivity index (χ1n) is 5.85. The van der Waals surface area contributed by atoms with Crippen LogP contribution in [0.5, 0.6) is 0 Å². The maximum Gasteiger partial charge on any atom is 0.150 e. The number of hydrogen-bond donors (Lipinski definition) is 0. The minimum Gasteiger partial charge on any atom is -0.368 e. The average molecular weight is 251 g/mol. The van der Waals surface area contributed by atoms with Crippen LogP contribution in [-0.2, 0) is 6.54 Å². The van der Waals surface area contributed by atoms with E-state index in [4.69, 9.17) is 5.26 Å². The van der Waals surface area contributed by atoms with Crippen LogP contribution in [0.2, 0.25) is 0 Å². The Morgan fingerprint density at radius 3 is 2.84 bits per heavy atom. The van der Waals surface area contributed by atoms with Gasteiger partial charge in [0.1, 0.15) is 12.4 Å². The maximum absolute atomic E-state index is 10.7. The van der Waals surface area contributed by atoms with E-state index in [1.165, 1.54) is 0 Å². The summed E-state index contributed by atoms with van der Waals surface area (Å²) in [7, 11) is 1.89. The van der Waals surface area contributed by atoms with Gasteiger partial charge in [0.25, 0.3) is 0 Å². The second kappa shape index (κ2) is 5.78. The molecule has 0 amide bonds. The standard InChI is InChI=1S/C15H13N3O/c1-18(10-14-4-2-3-7-17-14)15-6-5-12(11-19)8-13(15)9-16/h2-8,11H,10H2,1H3. The van der Waals surface area contributed by atoms with Crippen molar-refractivity contribution >= 4 is 12.0 Å². The lowest BCUT2D eigenvalue weighted by molar-refractivity contribution is 0.112. The molecule has 1 aromatic heterocycles. The molecule has 0 radical (unpaired) electrons. The summed E-state index contributed by atoms with van der Waals surface area (Å²) in [4.78, 5) is 16.9. The number of benzene rings is 1. The second-order valence-corrected chi connectivity index (χ2v) is 4.18. The molecular weight excluding hydrogens is 238 g/mol. The highest BCUT2D eigenvalue weighted by atomic mass is 16.1. The summed E-state index contributed by atoms with van der Waals surface area (Å²) in [6.45, 7) is 0.607. The van der Waals surface area contributed by atoms with Crippen LogP contribution in [0.25, 0.3) is 0 Å². The van der Waals surface area contributed by atoms with Gasteiger partial charge >= 0.3 is 0 Å². The Morgan fingerprint density at radius 1 is 1.37 bits per heavy atom. The number of aromatic nitrogens is 1. The molecule has 0 N–H and O–H groups in total. The molecule has 1 aromatic carbocycles. The molecule has 94 valence electrons. The Kier molecular flexibility index (Phi) is 3.89. The number of carbonyl (C=O) groups excluding carboxylic acids is 1. The van der Waals surface area contributed by atoms with E-state index in [9.17, 15) is 4.79 Å². The third-order valence-electron chi connectivity index (χ3n) is 2.81. The lowest BCUT2D eigenvalue weighted by Crippen LogP contribution is -2.18. The van der Waals surface area contributed by atoms with Crippen molar-refractivity contribution in [1.29, 1.82) is 5.26 Å². The Bertz CT molecular complexity index is 617. The van der Waals surface area contributed by atoms with Gasteiger partial charge in [-0.2, -0.15) is 5.26 Å². The molecule has 0 aliphatic carbocycles. The Balaban J connectivity index is 2.26. The average Bonchev–Trinajstić information content (AvgIpc) is 2.47. The fourth-order valence-corrected chi connectivity index (χ4v) is 1.87. The number of pyridine rings is 1. The van der Waals surface area contributed by atoms with E-state index in [1.54, 1.807) is 24.4 Å². The molecule has 2 rings (SSSR count). The van der Waals surface area contributed by atoms with E-state index >= 15 is 0 Å². The fourth-order valence-electron chi connectivity index (χ4n) is 1.87. The van der Waals surface area contributed by atoms with Crippen molar-refractivity contribution in [2.75, 3.05) is 11.9 Å².